The molecule has 0 unspecified atom stereocenters. The summed E-state index contributed by atoms with van der Waals surface area (Å²) in [6.45, 7) is 1.99. The topological polar surface area (TPSA) is 37.8 Å². The highest BCUT2D eigenvalue weighted by Crippen LogP contribution is 2.18. The molecule has 1 heterocycles. The molecule has 1 N–H and O–H groups in total. The van der Waals surface area contributed by atoms with E-state index in [0.717, 1.165) is 15.7 Å². The van der Waals surface area contributed by atoms with E-state index in [9.17, 15) is 4.79 Å². The fraction of sp³-hybridized carbons (Fsp3) is 0.100. The molecular weight excluding hydrogens is 244 g/mol. The number of H-pyrrole nitrogens is 1. The highest BCUT2D eigenvalue weighted by Gasteiger charge is 2.01. The number of rotatable bonds is 1. The molecule has 0 bridgehead atoms. The number of halogens is 1. The van der Waals surface area contributed by atoms with Crippen molar-refractivity contribution in [1.29, 1.82) is 0 Å². The molecule has 0 fully saturated rings. The van der Waals surface area contributed by atoms with Crippen LogP contribution in [-0.2, 0) is 0 Å². The average Bonchev–Trinajstić information content (AvgIpc) is 2.57. The van der Waals surface area contributed by atoms with Crippen molar-refractivity contribution in [1.82, 2.24) is 9.55 Å². The number of nitrogens with zero attached hydrogens (tertiary/aromatic N) is 1. The number of hydrogen-bond donors (Lipinski definition) is 1. The number of imidazole rings is 1. The smallest absolute Gasteiger partial charge is 0.312 e. The maximum Gasteiger partial charge on any atom is 0.330 e. The molecule has 0 aliphatic heterocycles. The van der Waals surface area contributed by atoms with Crippen molar-refractivity contribution in [2.45, 2.75) is 6.92 Å². The van der Waals surface area contributed by atoms with Gasteiger partial charge in [0, 0.05) is 16.9 Å². The van der Waals surface area contributed by atoms with Gasteiger partial charge in [-0.15, -0.1) is 0 Å². The van der Waals surface area contributed by atoms with Crippen LogP contribution in [0, 0.1) is 6.92 Å². The van der Waals surface area contributed by atoms with Crippen molar-refractivity contribution in [3.05, 3.63) is 51.1 Å². The van der Waals surface area contributed by atoms with Crippen LogP contribution in [0.4, 0.5) is 0 Å². The van der Waals surface area contributed by atoms with Gasteiger partial charge in [-0.05, 0) is 30.7 Å². The molecule has 72 valence electrons. The molecule has 0 radical (unpaired) electrons. The molecule has 0 aliphatic rings. The van der Waals surface area contributed by atoms with Crippen molar-refractivity contribution in [3.8, 4) is 5.69 Å². The molecule has 0 spiro atoms. The maximum absolute atomic E-state index is 11.3. The van der Waals surface area contributed by atoms with Crippen LogP contribution in [-0.4, -0.2) is 9.55 Å². The molecule has 0 saturated heterocycles. The first-order chi connectivity index (χ1) is 6.68. The lowest BCUT2D eigenvalue weighted by molar-refractivity contribution is 0.984. The van der Waals surface area contributed by atoms with Crippen molar-refractivity contribution < 1.29 is 0 Å². The third-order valence-corrected chi connectivity index (χ3v) is 2.96. The minimum Gasteiger partial charge on any atom is -0.312 e. The van der Waals surface area contributed by atoms with E-state index >= 15 is 0 Å². The molecule has 0 saturated carbocycles. The van der Waals surface area contributed by atoms with Gasteiger partial charge in [0.2, 0.25) is 0 Å². The molecule has 14 heavy (non-hydrogen) atoms. The lowest BCUT2D eigenvalue weighted by Crippen LogP contribution is -2.13. The van der Waals surface area contributed by atoms with Gasteiger partial charge in [-0.2, -0.15) is 0 Å². The highest BCUT2D eigenvalue weighted by molar-refractivity contribution is 9.10. The number of aromatic amines is 1. The van der Waals surface area contributed by atoms with Gasteiger partial charge in [0.05, 0.1) is 5.69 Å². The Hall–Kier alpha value is -1.29. The first kappa shape index (κ1) is 9.27. The third-order valence-electron chi connectivity index (χ3n) is 2.07. The third kappa shape index (κ3) is 1.53. The van der Waals surface area contributed by atoms with E-state index in [1.54, 1.807) is 17.0 Å². The minimum absolute atomic E-state index is 0.119. The van der Waals surface area contributed by atoms with Crippen LogP contribution in [0.15, 0.2) is 39.9 Å². The van der Waals surface area contributed by atoms with Crippen molar-refractivity contribution in [2.24, 2.45) is 0 Å². The molecule has 1 aromatic heterocycles. The summed E-state index contributed by atoms with van der Waals surface area (Å²) >= 11 is 3.42. The van der Waals surface area contributed by atoms with Gasteiger partial charge in [-0.1, -0.05) is 15.9 Å². The fourth-order valence-electron chi connectivity index (χ4n) is 1.30. The number of hydrogen-bond acceptors (Lipinski definition) is 1. The number of benzene rings is 1. The van der Waals surface area contributed by atoms with E-state index in [1.165, 1.54) is 0 Å². The van der Waals surface area contributed by atoms with E-state index < -0.39 is 0 Å². The molecule has 0 aliphatic carbocycles. The molecule has 2 rings (SSSR count). The van der Waals surface area contributed by atoms with Crippen LogP contribution in [0.1, 0.15) is 5.56 Å². The van der Waals surface area contributed by atoms with Gasteiger partial charge >= 0.3 is 5.69 Å². The van der Waals surface area contributed by atoms with Crippen molar-refractivity contribution in [2.75, 3.05) is 0 Å². The van der Waals surface area contributed by atoms with E-state index in [2.05, 4.69) is 20.9 Å². The van der Waals surface area contributed by atoms with Crippen molar-refractivity contribution in [3.63, 3.8) is 0 Å². The van der Waals surface area contributed by atoms with Crippen LogP contribution in [0.5, 0.6) is 0 Å². The predicted octanol–water partition coefficient (Wildman–Crippen LogP) is 2.24. The summed E-state index contributed by atoms with van der Waals surface area (Å²) in [7, 11) is 0. The Labute approximate surface area is 89.5 Å². The SMILES string of the molecule is Cc1cc(-n2cc[nH]c2=O)ccc1Br. The first-order valence-corrected chi connectivity index (χ1v) is 5.00. The summed E-state index contributed by atoms with van der Waals surface area (Å²) < 4.78 is 2.62. The molecular formula is C10H9BrN2O. The molecule has 0 amide bonds. The summed E-state index contributed by atoms with van der Waals surface area (Å²) in [6, 6.07) is 5.79. The second-order valence-electron chi connectivity index (χ2n) is 3.07. The highest BCUT2D eigenvalue weighted by atomic mass is 79.9. The molecule has 4 heteroatoms. The second kappa shape index (κ2) is 3.46. The van der Waals surface area contributed by atoms with Crippen molar-refractivity contribution >= 4 is 15.9 Å². The van der Waals surface area contributed by atoms with E-state index in [4.69, 9.17) is 0 Å². The number of aryl methyl sites for hydroxylation is 1. The number of aromatic nitrogens is 2. The summed E-state index contributed by atoms with van der Waals surface area (Å²) in [5, 5.41) is 0. The summed E-state index contributed by atoms with van der Waals surface area (Å²) in [6.07, 6.45) is 3.34. The van der Waals surface area contributed by atoms with E-state index in [1.807, 2.05) is 25.1 Å². The Morgan fingerprint density at radius 3 is 2.79 bits per heavy atom. The monoisotopic (exact) mass is 252 g/mol. The van der Waals surface area contributed by atoms with Gasteiger partial charge in [0.1, 0.15) is 0 Å². The Kier molecular flexibility index (Phi) is 2.29. The Morgan fingerprint density at radius 1 is 1.43 bits per heavy atom. The molecule has 1 aromatic carbocycles. The molecule has 2 aromatic rings. The van der Waals surface area contributed by atoms with Gasteiger partial charge < -0.3 is 4.98 Å². The normalized spacial score (nSPS) is 10.4. The van der Waals surface area contributed by atoms with Gasteiger partial charge in [-0.25, -0.2) is 4.79 Å². The quantitative estimate of drug-likeness (QED) is 0.831. The summed E-state index contributed by atoms with van der Waals surface area (Å²) in [5.41, 5.74) is 1.86. The first-order valence-electron chi connectivity index (χ1n) is 4.21. The Bertz CT molecular complexity index is 513. The number of nitrogens with one attached hydrogen (secondary N) is 1. The lowest BCUT2D eigenvalue weighted by atomic mass is 10.2. The standard InChI is InChI=1S/C10H9BrN2O/c1-7-6-8(2-3-9(7)11)13-5-4-12-10(13)14/h2-6H,1H3,(H,12,14). The van der Waals surface area contributed by atoms with Gasteiger partial charge in [0.15, 0.2) is 0 Å². The van der Waals surface area contributed by atoms with Crippen LogP contribution >= 0.6 is 15.9 Å². The van der Waals surface area contributed by atoms with Crippen LogP contribution in [0.25, 0.3) is 5.69 Å². The zero-order valence-corrected chi connectivity index (χ0v) is 9.21. The predicted molar refractivity (Wildman–Crippen MR) is 58.8 cm³/mol. The van der Waals surface area contributed by atoms with Crippen LogP contribution in [0.3, 0.4) is 0 Å². The largest absolute Gasteiger partial charge is 0.330 e. The van der Waals surface area contributed by atoms with Crippen LogP contribution < -0.4 is 5.69 Å². The summed E-state index contributed by atoms with van der Waals surface area (Å²) in [5.74, 6) is 0. The molecule has 0 atom stereocenters. The van der Waals surface area contributed by atoms with E-state index in [-0.39, 0.29) is 5.69 Å². The zero-order valence-electron chi connectivity index (χ0n) is 7.62. The van der Waals surface area contributed by atoms with Gasteiger partial charge in [-0.3, -0.25) is 4.57 Å². The maximum atomic E-state index is 11.3. The fourth-order valence-corrected chi connectivity index (χ4v) is 1.55. The minimum atomic E-state index is -0.119. The second-order valence-corrected chi connectivity index (χ2v) is 3.92. The zero-order chi connectivity index (χ0) is 10.1. The van der Waals surface area contributed by atoms with Crippen LogP contribution in [0.2, 0.25) is 0 Å². The summed E-state index contributed by atoms with van der Waals surface area (Å²) in [4.78, 5) is 13.9. The van der Waals surface area contributed by atoms with Gasteiger partial charge in [0.25, 0.3) is 0 Å². The Balaban J connectivity index is 2.59. The lowest BCUT2D eigenvalue weighted by Gasteiger charge is -2.03. The molecule has 3 nitrogen and oxygen atoms in total. The average molecular weight is 253 g/mol. The van der Waals surface area contributed by atoms with E-state index in [0.29, 0.717) is 0 Å². The Morgan fingerprint density at radius 2 is 2.21 bits per heavy atom.